The first-order valence-corrected chi connectivity index (χ1v) is 6.48. The number of ether oxygens (including phenoxy) is 4. The topological polar surface area (TPSA) is 159 Å². The van der Waals surface area contributed by atoms with Gasteiger partial charge in [-0.1, -0.05) is 0 Å². The third-order valence-electron chi connectivity index (χ3n) is 2.40. The summed E-state index contributed by atoms with van der Waals surface area (Å²) in [5.41, 5.74) is -0.876. The predicted octanol–water partition coefficient (Wildman–Crippen LogP) is -1.43. The van der Waals surface area contributed by atoms with Gasteiger partial charge in [-0.3, -0.25) is 4.84 Å². The summed E-state index contributed by atoms with van der Waals surface area (Å²) in [6, 6.07) is -1.92. The molecule has 11 nitrogen and oxygen atoms in total. The van der Waals surface area contributed by atoms with E-state index in [9.17, 15) is 19.8 Å². The Kier molecular flexibility index (Phi) is 8.37. The number of hydrogen-bond donors (Lipinski definition) is 4. The molecule has 136 valence electrons. The second kappa shape index (κ2) is 8.96. The summed E-state index contributed by atoms with van der Waals surface area (Å²) in [6.07, 6.45) is -3.28. The number of alkyl carbamates (subject to hydrolysis) is 1. The van der Waals surface area contributed by atoms with Crippen LogP contribution in [0.25, 0.3) is 0 Å². The van der Waals surface area contributed by atoms with E-state index < -0.39 is 42.6 Å². The molecular formula is C12H24N2O9. The molecule has 0 aliphatic heterocycles. The van der Waals surface area contributed by atoms with Crippen LogP contribution < -0.4 is 11.2 Å². The number of methoxy groups -OCH3 is 2. The number of rotatable bonds is 8. The zero-order valence-electron chi connectivity index (χ0n) is 13.7. The highest BCUT2D eigenvalue weighted by Crippen LogP contribution is 2.20. The molecule has 0 aromatic heterocycles. The number of nitrogens with one attached hydrogen (secondary N) is 1. The van der Waals surface area contributed by atoms with Gasteiger partial charge in [0.1, 0.15) is 12.4 Å². The van der Waals surface area contributed by atoms with E-state index >= 15 is 0 Å². The van der Waals surface area contributed by atoms with Gasteiger partial charge in [-0.05, 0) is 20.8 Å². The molecule has 1 unspecified atom stereocenters. The number of aliphatic hydroxyl groups excluding tert-OH is 1. The van der Waals surface area contributed by atoms with Crippen LogP contribution in [0.3, 0.4) is 0 Å². The molecule has 0 saturated heterocycles. The SMILES string of the molecule is COCO[C@@](O)(C(O)ON)[C@H](NC(=O)OC(C)(C)C)C(=O)OC. The van der Waals surface area contributed by atoms with Crippen molar-refractivity contribution in [2.75, 3.05) is 21.0 Å². The first-order valence-electron chi connectivity index (χ1n) is 6.48. The van der Waals surface area contributed by atoms with Crippen molar-refractivity contribution >= 4 is 12.1 Å². The van der Waals surface area contributed by atoms with Crippen molar-refractivity contribution in [1.29, 1.82) is 0 Å². The summed E-state index contributed by atoms with van der Waals surface area (Å²) in [6.45, 7) is 4.21. The standard InChI is InChI=1S/C12H24N2O9/c1-11(2,3)22-10(17)14-7(8(15)20-5)12(18,9(16)23-13)21-6-19-4/h7,9,16,18H,6,13H2,1-5H3,(H,14,17)/t7-,9?,12-/m1/s1. The second-order valence-corrected chi connectivity index (χ2v) is 5.39. The van der Waals surface area contributed by atoms with Gasteiger partial charge in [0.15, 0.2) is 6.04 Å². The third kappa shape index (κ3) is 6.64. The summed E-state index contributed by atoms with van der Waals surface area (Å²) >= 11 is 0. The molecule has 0 fully saturated rings. The minimum absolute atomic E-state index is 0.555. The normalized spacial score (nSPS) is 16.9. The van der Waals surface area contributed by atoms with E-state index in [0.717, 1.165) is 7.11 Å². The highest BCUT2D eigenvalue weighted by Gasteiger charge is 2.52. The molecule has 3 atom stereocenters. The molecule has 1 amide bonds. The lowest BCUT2D eigenvalue weighted by Crippen LogP contribution is -2.65. The first kappa shape index (κ1) is 21.5. The van der Waals surface area contributed by atoms with Crippen LogP contribution in [0.5, 0.6) is 0 Å². The van der Waals surface area contributed by atoms with Gasteiger partial charge < -0.3 is 34.5 Å². The zero-order chi connectivity index (χ0) is 18.3. The van der Waals surface area contributed by atoms with E-state index in [-0.39, 0.29) is 0 Å². The molecule has 0 aliphatic rings. The summed E-state index contributed by atoms with van der Waals surface area (Å²) in [7, 11) is 2.23. The van der Waals surface area contributed by atoms with Crippen molar-refractivity contribution in [3.63, 3.8) is 0 Å². The minimum atomic E-state index is -2.80. The number of carbonyl (C=O) groups excluding carboxylic acids is 2. The lowest BCUT2D eigenvalue weighted by molar-refractivity contribution is -0.350. The fourth-order valence-electron chi connectivity index (χ4n) is 1.42. The van der Waals surface area contributed by atoms with Crippen molar-refractivity contribution in [3.8, 4) is 0 Å². The highest BCUT2D eigenvalue weighted by molar-refractivity contribution is 5.82. The average Bonchev–Trinajstić information content (AvgIpc) is 2.46. The molecule has 0 spiro atoms. The maximum atomic E-state index is 11.9. The maximum Gasteiger partial charge on any atom is 0.408 e. The van der Waals surface area contributed by atoms with Gasteiger partial charge in [0.05, 0.1) is 7.11 Å². The van der Waals surface area contributed by atoms with Gasteiger partial charge in [-0.15, -0.1) is 0 Å². The zero-order valence-corrected chi connectivity index (χ0v) is 13.7. The molecule has 0 aromatic carbocycles. The Morgan fingerprint density at radius 3 is 2.22 bits per heavy atom. The lowest BCUT2D eigenvalue weighted by atomic mass is 10.1. The molecule has 0 bridgehead atoms. The van der Waals surface area contributed by atoms with Gasteiger partial charge in [0.2, 0.25) is 6.29 Å². The Hall–Kier alpha value is -1.50. The number of aliphatic hydroxyl groups is 2. The van der Waals surface area contributed by atoms with Crippen molar-refractivity contribution < 1.29 is 43.6 Å². The number of esters is 1. The summed E-state index contributed by atoms with van der Waals surface area (Å²) in [4.78, 5) is 27.8. The molecule has 0 saturated carbocycles. The van der Waals surface area contributed by atoms with Crippen LogP contribution in [0, 0.1) is 0 Å². The smallest absolute Gasteiger partial charge is 0.408 e. The molecule has 5 N–H and O–H groups in total. The van der Waals surface area contributed by atoms with E-state index in [1.54, 1.807) is 20.8 Å². The van der Waals surface area contributed by atoms with Crippen LogP contribution in [-0.4, -0.2) is 67.0 Å². The number of carbonyl (C=O) groups is 2. The van der Waals surface area contributed by atoms with E-state index in [1.165, 1.54) is 7.11 Å². The van der Waals surface area contributed by atoms with E-state index in [0.29, 0.717) is 0 Å². The molecule has 11 heteroatoms. The molecule has 0 radical (unpaired) electrons. The molecule has 0 rings (SSSR count). The van der Waals surface area contributed by atoms with E-state index in [2.05, 4.69) is 14.3 Å². The van der Waals surface area contributed by atoms with Gasteiger partial charge in [-0.25, -0.2) is 15.5 Å². The van der Waals surface area contributed by atoms with Gasteiger partial charge in [0.25, 0.3) is 5.79 Å². The Balaban J connectivity index is 5.45. The quantitative estimate of drug-likeness (QED) is 0.234. The second-order valence-electron chi connectivity index (χ2n) is 5.39. The van der Waals surface area contributed by atoms with Gasteiger partial charge in [0, 0.05) is 7.11 Å². The van der Waals surface area contributed by atoms with E-state index in [4.69, 9.17) is 15.4 Å². The minimum Gasteiger partial charge on any atom is -0.467 e. The molecule has 0 aliphatic carbocycles. The van der Waals surface area contributed by atoms with Crippen LogP contribution >= 0.6 is 0 Å². The number of amides is 1. The Labute approximate surface area is 133 Å². The summed E-state index contributed by atoms with van der Waals surface area (Å²) < 4.78 is 18.9. The van der Waals surface area contributed by atoms with Crippen molar-refractivity contribution in [2.24, 2.45) is 5.90 Å². The molecule has 0 aromatic rings. The number of hydrogen-bond acceptors (Lipinski definition) is 10. The van der Waals surface area contributed by atoms with Crippen LogP contribution in [0.2, 0.25) is 0 Å². The maximum absolute atomic E-state index is 11.9. The van der Waals surface area contributed by atoms with Crippen LogP contribution in [0.15, 0.2) is 0 Å². The van der Waals surface area contributed by atoms with Crippen LogP contribution in [-0.2, 0) is 28.6 Å². The Bertz CT molecular complexity index is 398. The Morgan fingerprint density at radius 1 is 1.26 bits per heavy atom. The van der Waals surface area contributed by atoms with Gasteiger partial charge >= 0.3 is 12.1 Å². The fraction of sp³-hybridized carbons (Fsp3) is 0.833. The van der Waals surface area contributed by atoms with E-state index in [1.807, 2.05) is 5.32 Å². The average molecular weight is 340 g/mol. The largest absolute Gasteiger partial charge is 0.467 e. The van der Waals surface area contributed by atoms with Crippen LogP contribution in [0.4, 0.5) is 4.79 Å². The van der Waals surface area contributed by atoms with Gasteiger partial charge in [-0.2, -0.15) is 0 Å². The highest BCUT2D eigenvalue weighted by atomic mass is 16.8. The van der Waals surface area contributed by atoms with Crippen molar-refractivity contribution in [1.82, 2.24) is 5.32 Å². The predicted molar refractivity (Wildman–Crippen MR) is 74.4 cm³/mol. The fourth-order valence-corrected chi connectivity index (χ4v) is 1.42. The molecular weight excluding hydrogens is 316 g/mol. The van der Waals surface area contributed by atoms with Crippen molar-refractivity contribution in [2.45, 2.75) is 44.5 Å². The molecule has 23 heavy (non-hydrogen) atoms. The Morgan fingerprint density at radius 2 is 1.83 bits per heavy atom. The lowest BCUT2D eigenvalue weighted by Gasteiger charge is -2.36. The summed E-state index contributed by atoms with van der Waals surface area (Å²) in [5.74, 6) is 0.870. The third-order valence-corrected chi connectivity index (χ3v) is 2.40. The monoisotopic (exact) mass is 340 g/mol. The van der Waals surface area contributed by atoms with Crippen molar-refractivity contribution in [3.05, 3.63) is 0 Å². The first-order chi connectivity index (χ1) is 10.5. The molecule has 0 heterocycles. The summed E-state index contributed by atoms with van der Waals surface area (Å²) in [5, 5.41) is 22.1. The number of nitrogens with two attached hydrogens (primary N) is 1. The van der Waals surface area contributed by atoms with Crippen LogP contribution in [0.1, 0.15) is 20.8 Å².